The van der Waals surface area contributed by atoms with Crippen molar-refractivity contribution in [2.75, 3.05) is 19.0 Å². The van der Waals surface area contributed by atoms with Crippen molar-refractivity contribution in [1.82, 2.24) is 0 Å². The maximum absolute atomic E-state index is 5.71. The summed E-state index contributed by atoms with van der Waals surface area (Å²) in [4.78, 5) is 0. The maximum Gasteiger partial charge on any atom is 0.0507 e. The number of hydrogen-bond acceptors (Lipinski definition) is 2. The molecule has 0 aromatic carbocycles. The van der Waals surface area contributed by atoms with E-state index >= 15 is 0 Å². The van der Waals surface area contributed by atoms with Gasteiger partial charge in [0.1, 0.15) is 0 Å². The second kappa shape index (κ2) is 7.56. The van der Waals surface area contributed by atoms with Crippen molar-refractivity contribution in [3.05, 3.63) is 0 Å². The van der Waals surface area contributed by atoms with Crippen LogP contribution >= 0.6 is 12.6 Å². The van der Waals surface area contributed by atoms with Gasteiger partial charge in [0, 0.05) is 6.61 Å². The summed E-state index contributed by atoms with van der Waals surface area (Å²) in [6.07, 6.45) is 2.45. The first-order valence-corrected chi connectivity index (χ1v) is 6.69. The van der Waals surface area contributed by atoms with Gasteiger partial charge < -0.3 is 4.74 Å². The molecule has 0 bridgehead atoms. The number of thiol groups is 1. The molecule has 1 unspecified atom stereocenters. The zero-order chi connectivity index (χ0) is 11.9. The van der Waals surface area contributed by atoms with E-state index in [1.807, 2.05) is 0 Å². The summed E-state index contributed by atoms with van der Waals surface area (Å²) >= 11 is 4.39. The zero-order valence-electron chi connectivity index (χ0n) is 11.0. The minimum atomic E-state index is 0.305. The second-order valence-corrected chi connectivity index (χ2v) is 6.22. The van der Waals surface area contributed by atoms with E-state index in [1.165, 1.54) is 12.8 Å². The van der Waals surface area contributed by atoms with E-state index in [9.17, 15) is 0 Å². The highest BCUT2D eigenvalue weighted by Crippen LogP contribution is 2.27. The van der Waals surface area contributed by atoms with E-state index in [0.717, 1.165) is 24.9 Å². The Hall–Kier alpha value is 0.310. The standard InChI is InChI=1S/C13H28OS/c1-11(2)7-6-8-14-9-12(10-15)13(3,4)5/h11-12,15H,6-10H2,1-5H3. The van der Waals surface area contributed by atoms with Gasteiger partial charge in [-0.25, -0.2) is 0 Å². The maximum atomic E-state index is 5.71. The summed E-state index contributed by atoms with van der Waals surface area (Å²) < 4.78 is 5.71. The third-order valence-corrected chi connectivity index (χ3v) is 3.28. The molecule has 1 atom stereocenters. The molecule has 1 nitrogen and oxygen atoms in total. The number of hydrogen-bond donors (Lipinski definition) is 1. The Bertz CT molecular complexity index is 149. The molecule has 0 rings (SSSR count). The molecule has 0 fully saturated rings. The zero-order valence-corrected chi connectivity index (χ0v) is 11.9. The molecule has 0 saturated heterocycles. The largest absolute Gasteiger partial charge is 0.381 e. The van der Waals surface area contributed by atoms with Gasteiger partial charge in [-0.2, -0.15) is 12.6 Å². The lowest BCUT2D eigenvalue weighted by molar-refractivity contribution is 0.0630. The summed E-state index contributed by atoms with van der Waals surface area (Å²) in [5.41, 5.74) is 0.305. The van der Waals surface area contributed by atoms with Crippen LogP contribution in [0.15, 0.2) is 0 Å². The molecule has 0 aliphatic carbocycles. The van der Waals surface area contributed by atoms with Crippen LogP contribution in [-0.4, -0.2) is 19.0 Å². The molecule has 0 spiro atoms. The van der Waals surface area contributed by atoms with Crippen molar-refractivity contribution in [3.63, 3.8) is 0 Å². The van der Waals surface area contributed by atoms with Crippen LogP contribution < -0.4 is 0 Å². The average Bonchev–Trinajstić information content (AvgIpc) is 2.08. The first-order valence-electron chi connectivity index (χ1n) is 6.06. The van der Waals surface area contributed by atoms with Crippen LogP contribution in [0, 0.1) is 17.3 Å². The fourth-order valence-electron chi connectivity index (χ4n) is 1.40. The van der Waals surface area contributed by atoms with Crippen LogP contribution in [-0.2, 0) is 4.74 Å². The summed E-state index contributed by atoms with van der Waals surface area (Å²) in [6, 6.07) is 0. The van der Waals surface area contributed by atoms with Crippen molar-refractivity contribution in [2.24, 2.45) is 17.3 Å². The number of ether oxygens (including phenoxy) is 1. The smallest absolute Gasteiger partial charge is 0.0507 e. The Morgan fingerprint density at radius 3 is 2.20 bits per heavy atom. The highest BCUT2D eigenvalue weighted by Gasteiger charge is 2.23. The van der Waals surface area contributed by atoms with E-state index in [-0.39, 0.29) is 0 Å². The fourth-order valence-corrected chi connectivity index (χ4v) is 2.05. The molecular weight excluding hydrogens is 204 g/mol. The third kappa shape index (κ3) is 8.15. The van der Waals surface area contributed by atoms with Crippen LogP contribution in [0.25, 0.3) is 0 Å². The van der Waals surface area contributed by atoms with Gasteiger partial charge in [-0.05, 0) is 35.8 Å². The monoisotopic (exact) mass is 232 g/mol. The summed E-state index contributed by atoms with van der Waals surface area (Å²) in [6.45, 7) is 13.0. The average molecular weight is 232 g/mol. The van der Waals surface area contributed by atoms with Gasteiger partial charge in [-0.15, -0.1) is 0 Å². The molecule has 0 amide bonds. The summed E-state index contributed by atoms with van der Waals surface area (Å²) in [7, 11) is 0. The minimum Gasteiger partial charge on any atom is -0.381 e. The van der Waals surface area contributed by atoms with Crippen molar-refractivity contribution in [3.8, 4) is 0 Å². The lowest BCUT2D eigenvalue weighted by atomic mass is 9.82. The molecule has 0 aliphatic rings. The second-order valence-electron chi connectivity index (χ2n) is 5.86. The molecule has 0 N–H and O–H groups in total. The minimum absolute atomic E-state index is 0.305. The molecule has 15 heavy (non-hydrogen) atoms. The van der Waals surface area contributed by atoms with Crippen LogP contribution in [0.4, 0.5) is 0 Å². The van der Waals surface area contributed by atoms with Crippen molar-refractivity contribution < 1.29 is 4.74 Å². The van der Waals surface area contributed by atoms with Gasteiger partial charge in [0.15, 0.2) is 0 Å². The summed E-state index contributed by atoms with van der Waals surface area (Å²) in [5, 5.41) is 0. The van der Waals surface area contributed by atoms with Gasteiger partial charge >= 0.3 is 0 Å². The van der Waals surface area contributed by atoms with Crippen LogP contribution in [0.5, 0.6) is 0 Å². The highest BCUT2D eigenvalue weighted by atomic mass is 32.1. The van der Waals surface area contributed by atoms with Gasteiger partial charge in [-0.3, -0.25) is 0 Å². The Morgan fingerprint density at radius 2 is 1.80 bits per heavy atom. The molecule has 0 radical (unpaired) electrons. The lowest BCUT2D eigenvalue weighted by Gasteiger charge is -2.29. The van der Waals surface area contributed by atoms with Gasteiger partial charge in [0.2, 0.25) is 0 Å². The molecule has 0 aromatic rings. The normalized spacial score (nSPS) is 14.6. The predicted molar refractivity (Wildman–Crippen MR) is 71.7 cm³/mol. The van der Waals surface area contributed by atoms with Gasteiger partial charge in [0.25, 0.3) is 0 Å². The third-order valence-electron chi connectivity index (χ3n) is 2.83. The molecule has 2 heteroatoms. The summed E-state index contributed by atoms with van der Waals surface area (Å²) in [5.74, 6) is 2.25. The molecule has 92 valence electrons. The Balaban J connectivity index is 3.56. The Morgan fingerprint density at radius 1 is 1.20 bits per heavy atom. The molecule has 0 saturated carbocycles. The van der Waals surface area contributed by atoms with E-state index in [4.69, 9.17) is 4.74 Å². The molecule has 0 aromatic heterocycles. The van der Waals surface area contributed by atoms with Gasteiger partial charge in [-0.1, -0.05) is 34.6 Å². The van der Waals surface area contributed by atoms with Crippen molar-refractivity contribution in [2.45, 2.75) is 47.5 Å². The first kappa shape index (κ1) is 15.3. The Kier molecular flexibility index (Phi) is 7.72. The molecule has 0 heterocycles. The predicted octanol–water partition coefficient (Wildman–Crippen LogP) is 4.03. The van der Waals surface area contributed by atoms with Crippen LogP contribution in [0.1, 0.15) is 47.5 Å². The molecular formula is C13H28OS. The topological polar surface area (TPSA) is 9.23 Å². The van der Waals surface area contributed by atoms with Crippen LogP contribution in [0.2, 0.25) is 0 Å². The van der Waals surface area contributed by atoms with E-state index < -0.39 is 0 Å². The SMILES string of the molecule is CC(C)CCCOCC(CS)C(C)(C)C. The fraction of sp³-hybridized carbons (Fsp3) is 1.00. The number of rotatable bonds is 7. The van der Waals surface area contributed by atoms with Gasteiger partial charge in [0.05, 0.1) is 6.61 Å². The highest BCUT2D eigenvalue weighted by molar-refractivity contribution is 7.80. The first-order chi connectivity index (χ1) is 6.88. The van der Waals surface area contributed by atoms with E-state index in [2.05, 4.69) is 47.2 Å². The quantitative estimate of drug-likeness (QED) is 0.515. The Labute approximate surface area is 101 Å². The van der Waals surface area contributed by atoms with Crippen molar-refractivity contribution in [1.29, 1.82) is 0 Å². The van der Waals surface area contributed by atoms with Crippen molar-refractivity contribution >= 4 is 12.6 Å². The van der Waals surface area contributed by atoms with E-state index in [0.29, 0.717) is 11.3 Å². The van der Waals surface area contributed by atoms with E-state index in [1.54, 1.807) is 0 Å². The van der Waals surface area contributed by atoms with Crippen LogP contribution in [0.3, 0.4) is 0 Å². The lowest BCUT2D eigenvalue weighted by Crippen LogP contribution is -2.27. The molecule has 0 aliphatic heterocycles.